The van der Waals surface area contributed by atoms with E-state index >= 15 is 0 Å². The van der Waals surface area contributed by atoms with E-state index in [4.69, 9.17) is 14.2 Å². The molecule has 8 nitrogen and oxygen atoms in total. The topological polar surface area (TPSA) is 81.9 Å². The van der Waals surface area contributed by atoms with Crippen LogP contribution in [0.1, 0.15) is 18.2 Å². The summed E-state index contributed by atoms with van der Waals surface area (Å²) in [5.74, 6) is 2.53. The van der Waals surface area contributed by atoms with Gasteiger partial charge in [0.05, 0.1) is 40.1 Å². The molecule has 0 unspecified atom stereocenters. The normalized spacial score (nSPS) is 11.2. The van der Waals surface area contributed by atoms with Gasteiger partial charge >= 0.3 is 0 Å². The van der Waals surface area contributed by atoms with Crippen LogP contribution in [0, 0.1) is 0 Å². The van der Waals surface area contributed by atoms with Crippen LogP contribution in [0.15, 0.2) is 29.4 Å². The first-order valence-corrected chi connectivity index (χ1v) is 8.41. The molecule has 0 aliphatic rings. The van der Waals surface area contributed by atoms with E-state index in [0.717, 1.165) is 17.8 Å². The Kier molecular flexibility index (Phi) is 7.13. The smallest absolute Gasteiger partial charge is 0.203 e. The van der Waals surface area contributed by atoms with Gasteiger partial charge in [-0.1, -0.05) is 0 Å². The number of guanidine groups is 1. The zero-order valence-corrected chi connectivity index (χ0v) is 16.0. The number of ether oxygens (including phenoxy) is 3. The van der Waals surface area contributed by atoms with Crippen molar-refractivity contribution < 1.29 is 14.2 Å². The van der Waals surface area contributed by atoms with Gasteiger partial charge in [-0.25, -0.2) is 4.99 Å². The lowest BCUT2D eigenvalue weighted by molar-refractivity contribution is 0.322. The van der Waals surface area contributed by atoms with Crippen LogP contribution in [0.4, 0.5) is 0 Å². The second-order valence-corrected chi connectivity index (χ2v) is 5.49. The molecule has 1 aromatic heterocycles. The predicted octanol–water partition coefficient (Wildman–Crippen LogP) is 1.70. The number of hydrogen-bond donors (Lipinski definition) is 2. The highest BCUT2D eigenvalue weighted by Crippen LogP contribution is 2.39. The number of rotatable bonds is 8. The highest BCUT2D eigenvalue weighted by atomic mass is 16.5. The maximum absolute atomic E-state index is 5.51. The van der Waals surface area contributed by atoms with Crippen LogP contribution in [-0.2, 0) is 20.1 Å². The average molecular weight is 361 g/mol. The Bertz CT molecular complexity index is 742. The first-order valence-electron chi connectivity index (χ1n) is 8.41. The molecule has 0 bridgehead atoms. The Balaban J connectivity index is 2.17. The highest BCUT2D eigenvalue weighted by Gasteiger charge is 2.15. The van der Waals surface area contributed by atoms with E-state index in [1.807, 2.05) is 36.9 Å². The summed E-state index contributed by atoms with van der Waals surface area (Å²) < 4.78 is 18.1. The minimum Gasteiger partial charge on any atom is -0.493 e. The summed E-state index contributed by atoms with van der Waals surface area (Å²) in [5, 5.41) is 10.7. The first kappa shape index (κ1) is 19.4. The molecule has 0 aliphatic carbocycles. The van der Waals surface area contributed by atoms with E-state index < -0.39 is 0 Å². The third-order valence-electron chi connectivity index (χ3n) is 3.90. The van der Waals surface area contributed by atoms with Crippen LogP contribution >= 0.6 is 0 Å². The van der Waals surface area contributed by atoms with Gasteiger partial charge in [0, 0.05) is 25.4 Å². The molecule has 2 aromatic rings. The molecular formula is C18H27N5O3. The van der Waals surface area contributed by atoms with Gasteiger partial charge in [0.1, 0.15) is 0 Å². The molecule has 26 heavy (non-hydrogen) atoms. The van der Waals surface area contributed by atoms with Crippen LogP contribution in [0.2, 0.25) is 0 Å². The summed E-state index contributed by atoms with van der Waals surface area (Å²) in [6.07, 6.45) is 1.77. The van der Waals surface area contributed by atoms with Gasteiger partial charge in [-0.2, -0.15) is 5.10 Å². The molecule has 0 saturated carbocycles. The summed E-state index contributed by atoms with van der Waals surface area (Å²) in [5.41, 5.74) is 1.97. The lowest BCUT2D eigenvalue weighted by atomic mass is 10.1. The molecule has 0 amide bonds. The Labute approximate surface area is 154 Å². The Morgan fingerprint density at radius 1 is 1.08 bits per heavy atom. The van der Waals surface area contributed by atoms with Gasteiger partial charge in [-0.15, -0.1) is 0 Å². The molecular weight excluding hydrogens is 334 g/mol. The zero-order chi connectivity index (χ0) is 18.9. The first-order chi connectivity index (χ1) is 12.6. The minimum atomic E-state index is 0.435. The molecule has 0 radical (unpaired) electrons. The fourth-order valence-corrected chi connectivity index (χ4v) is 2.54. The maximum Gasteiger partial charge on any atom is 0.203 e. The summed E-state index contributed by atoms with van der Waals surface area (Å²) in [6, 6.07) is 5.74. The molecule has 8 heteroatoms. The average Bonchev–Trinajstić information content (AvgIpc) is 3.07. The van der Waals surface area contributed by atoms with Crippen molar-refractivity contribution in [2.75, 3.05) is 27.9 Å². The maximum atomic E-state index is 5.51. The summed E-state index contributed by atoms with van der Waals surface area (Å²) >= 11 is 0. The number of aliphatic imine (C=N–C) groups is 1. The summed E-state index contributed by atoms with van der Waals surface area (Å²) in [7, 11) is 6.71. The van der Waals surface area contributed by atoms with Crippen molar-refractivity contribution >= 4 is 5.96 Å². The second kappa shape index (κ2) is 9.55. The number of aryl methyl sites for hydroxylation is 1. The predicted molar refractivity (Wildman–Crippen MR) is 101 cm³/mol. The quantitative estimate of drug-likeness (QED) is 0.550. The fraction of sp³-hybridized carbons (Fsp3) is 0.444. The van der Waals surface area contributed by atoms with Crippen LogP contribution < -0.4 is 24.8 Å². The van der Waals surface area contributed by atoms with Crippen LogP contribution in [0.3, 0.4) is 0 Å². The molecule has 2 rings (SSSR count). The van der Waals surface area contributed by atoms with Gasteiger partial charge in [-0.05, 0) is 25.1 Å². The van der Waals surface area contributed by atoms with E-state index in [0.29, 0.717) is 36.3 Å². The van der Waals surface area contributed by atoms with Crippen molar-refractivity contribution in [3.63, 3.8) is 0 Å². The molecule has 1 heterocycles. The van der Waals surface area contributed by atoms with E-state index in [9.17, 15) is 0 Å². The van der Waals surface area contributed by atoms with E-state index in [2.05, 4.69) is 20.7 Å². The Morgan fingerprint density at radius 2 is 1.85 bits per heavy atom. The molecule has 0 fully saturated rings. The van der Waals surface area contributed by atoms with E-state index in [1.54, 1.807) is 27.5 Å². The molecule has 0 atom stereocenters. The van der Waals surface area contributed by atoms with Crippen molar-refractivity contribution in [3.05, 3.63) is 35.7 Å². The van der Waals surface area contributed by atoms with Crippen LogP contribution in [0.25, 0.3) is 0 Å². The SMILES string of the molecule is CCNC(=NCc1ccc(OC)c(OC)c1OC)NCc1ccnn1C. The van der Waals surface area contributed by atoms with Crippen molar-refractivity contribution in [3.8, 4) is 17.2 Å². The van der Waals surface area contributed by atoms with Crippen molar-refractivity contribution in [1.82, 2.24) is 20.4 Å². The zero-order valence-electron chi connectivity index (χ0n) is 16.0. The van der Waals surface area contributed by atoms with Crippen molar-refractivity contribution in [1.29, 1.82) is 0 Å². The van der Waals surface area contributed by atoms with E-state index in [1.165, 1.54) is 0 Å². The number of aromatic nitrogens is 2. The summed E-state index contributed by atoms with van der Waals surface area (Å²) in [4.78, 5) is 4.64. The highest BCUT2D eigenvalue weighted by molar-refractivity contribution is 5.79. The van der Waals surface area contributed by atoms with Gasteiger partial charge in [0.2, 0.25) is 5.75 Å². The molecule has 0 saturated heterocycles. The third-order valence-corrected chi connectivity index (χ3v) is 3.90. The monoisotopic (exact) mass is 361 g/mol. The van der Waals surface area contributed by atoms with Gasteiger partial charge < -0.3 is 24.8 Å². The third kappa shape index (κ3) is 4.59. The number of methoxy groups -OCH3 is 3. The van der Waals surface area contributed by atoms with Crippen molar-refractivity contribution in [2.45, 2.75) is 20.0 Å². The lowest BCUT2D eigenvalue weighted by Crippen LogP contribution is -2.37. The van der Waals surface area contributed by atoms with Crippen LogP contribution in [-0.4, -0.2) is 43.6 Å². The molecule has 1 aromatic carbocycles. The van der Waals surface area contributed by atoms with Gasteiger partial charge in [-0.3, -0.25) is 4.68 Å². The Hall–Kier alpha value is -2.90. The van der Waals surface area contributed by atoms with E-state index in [-0.39, 0.29) is 0 Å². The van der Waals surface area contributed by atoms with Gasteiger partial charge in [0.25, 0.3) is 0 Å². The molecule has 0 spiro atoms. The number of hydrogen-bond acceptors (Lipinski definition) is 5. The largest absolute Gasteiger partial charge is 0.493 e. The molecule has 142 valence electrons. The number of benzene rings is 1. The second-order valence-electron chi connectivity index (χ2n) is 5.49. The molecule has 0 aliphatic heterocycles. The minimum absolute atomic E-state index is 0.435. The summed E-state index contributed by atoms with van der Waals surface area (Å²) in [6.45, 7) is 3.86. The fourth-order valence-electron chi connectivity index (χ4n) is 2.54. The van der Waals surface area contributed by atoms with Crippen LogP contribution in [0.5, 0.6) is 17.2 Å². The molecule has 2 N–H and O–H groups in total. The van der Waals surface area contributed by atoms with Gasteiger partial charge in [0.15, 0.2) is 17.5 Å². The number of nitrogens with one attached hydrogen (secondary N) is 2. The van der Waals surface area contributed by atoms with Crippen molar-refractivity contribution in [2.24, 2.45) is 12.0 Å². The lowest BCUT2D eigenvalue weighted by Gasteiger charge is -2.16. The Morgan fingerprint density at radius 3 is 2.42 bits per heavy atom. The number of nitrogens with zero attached hydrogens (tertiary/aromatic N) is 3. The standard InChI is InChI=1S/C18H27N5O3/c1-6-19-18(21-12-14-9-10-22-23(14)2)20-11-13-7-8-15(24-3)17(26-5)16(13)25-4/h7-10H,6,11-12H2,1-5H3,(H2,19,20,21).